The molecule has 0 unspecified atom stereocenters. The molecule has 1 saturated heterocycles. The number of pyridine rings is 2. The predicted octanol–water partition coefficient (Wildman–Crippen LogP) is 2.69. The predicted molar refractivity (Wildman–Crippen MR) is 87.2 cm³/mol. The highest BCUT2D eigenvalue weighted by Gasteiger charge is 2.33. The highest BCUT2D eigenvalue weighted by atomic mass is 19.4. The van der Waals surface area contributed by atoms with Crippen molar-refractivity contribution in [1.82, 2.24) is 24.6 Å². The number of fused-ring (bicyclic) bond motifs is 1. The Balaban J connectivity index is 1.65. The van der Waals surface area contributed by atoms with Crippen molar-refractivity contribution in [2.24, 2.45) is 0 Å². The van der Waals surface area contributed by atoms with Crippen molar-refractivity contribution in [3.05, 3.63) is 42.5 Å². The normalized spacial score (nSPS) is 15.2. The Morgan fingerprint density at radius 3 is 2.63 bits per heavy atom. The van der Waals surface area contributed by atoms with Crippen LogP contribution in [0.4, 0.5) is 17.6 Å². The lowest BCUT2D eigenvalue weighted by atomic mass is 10.1. The number of halogens is 4. The maximum atomic E-state index is 12.9. The summed E-state index contributed by atoms with van der Waals surface area (Å²) in [6, 6.07) is 4.01. The Labute approximate surface area is 150 Å². The van der Waals surface area contributed by atoms with Gasteiger partial charge in [0.2, 0.25) is 5.91 Å². The topological polar surface area (TPSA) is 63.9 Å². The van der Waals surface area contributed by atoms with E-state index in [1.165, 1.54) is 28.0 Å². The fraction of sp³-hybridized carbons (Fsp3) is 0.294. The molecule has 0 atom stereocenters. The smallest absolute Gasteiger partial charge is 0.335 e. The van der Waals surface area contributed by atoms with E-state index in [2.05, 4.69) is 15.1 Å². The third-order valence-electron chi connectivity index (χ3n) is 4.35. The molecule has 0 spiro atoms. The van der Waals surface area contributed by atoms with Crippen LogP contribution in [-0.4, -0.2) is 49.8 Å². The van der Waals surface area contributed by atoms with Crippen LogP contribution in [0.25, 0.3) is 22.2 Å². The standard InChI is InChI=1S/C17H13F4N5O/c18-12-7-25(8-12)16(27)9-26-14-3-11(5-23-13(14)6-24-26)10-1-2-22-15(4-10)17(19,20)21/h1-6,12H,7-9H2. The van der Waals surface area contributed by atoms with Gasteiger partial charge in [-0.1, -0.05) is 0 Å². The van der Waals surface area contributed by atoms with E-state index < -0.39 is 18.0 Å². The highest BCUT2D eigenvalue weighted by Crippen LogP contribution is 2.31. The number of amides is 1. The maximum Gasteiger partial charge on any atom is 0.433 e. The van der Waals surface area contributed by atoms with Gasteiger partial charge in [0.15, 0.2) is 0 Å². The SMILES string of the molecule is O=C(Cn1ncc2ncc(-c3ccnc(C(F)(F)F)c3)cc21)N1CC(F)C1. The lowest BCUT2D eigenvalue weighted by Crippen LogP contribution is -2.52. The summed E-state index contributed by atoms with van der Waals surface area (Å²) in [6.07, 6.45) is -1.55. The van der Waals surface area contributed by atoms with Crippen molar-refractivity contribution in [2.45, 2.75) is 18.9 Å². The number of nitrogens with zero attached hydrogens (tertiary/aromatic N) is 5. The summed E-state index contributed by atoms with van der Waals surface area (Å²) in [5, 5.41) is 4.11. The summed E-state index contributed by atoms with van der Waals surface area (Å²) in [4.78, 5) is 21.1. The van der Waals surface area contributed by atoms with Crippen LogP contribution in [0.3, 0.4) is 0 Å². The first-order chi connectivity index (χ1) is 12.8. The van der Waals surface area contributed by atoms with Gasteiger partial charge in [-0.3, -0.25) is 19.4 Å². The first kappa shape index (κ1) is 17.4. The fourth-order valence-corrected chi connectivity index (χ4v) is 2.86. The van der Waals surface area contributed by atoms with Crippen molar-refractivity contribution >= 4 is 16.9 Å². The van der Waals surface area contributed by atoms with E-state index in [9.17, 15) is 22.4 Å². The van der Waals surface area contributed by atoms with E-state index in [1.807, 2.05) is 0 Å². The molecule has 10 heteroatoms. The van der Waals surface area contributed by atoms with E-state index >= 15 is 0 Å². The molecular weight excluding hydrogens is 366 g/mol. The highest BCUT2D eigenvalue weighted by molar-refractivity contribution is 5.83. The molecule has 1 aliphatic rings. The quantitative estimate of drug-likeness (QED) is 0.657. The van der Waals surface area contributed by atoms with Crippen molar-refractivity contribution in [3.8, 4) is 11.1 Å². The van der Waals surface area contributed by atoms with Gasteiger partial charge in [-0.2, -0.15) is 18.3 Å². The van der Waals surface area contributed by atoms with Gasteiger partial charge in [0.1, 0.15) is 23.9 Å². The van der Waals surface area contributed by atoms with Crippen LogP contribution in [0.5, 0.6) is 0 Å². The van der Waals surface area contributed by atoms with Crippen molar-refractivity contribution in [2.75, 3.05) is 13.1 Å². The Morgan fingerprint density at radius 1 is 1.15 bits per heavy atom. The molecule has 0 bridgehead atoms. The minimum atomic E-state index is -4.55. The molecule has 27 heavy (non-hydrogen) atoms. The van der Waals surface area contributed by atoms with Crippen molar-refractivity contribution < 1.29 is 22.4 Å². The van der Waals surface area contributed by atoms with Crippen LogP contribution in [-0.2, 0) is 17.5 Å². The molecule has 1 amide bonds. The fourth-order valence-electron chi connectivity index (χ4n) is 2.86. The van der Waals surface area contributed by atoms with Gasteiger partial charge in [-0.25, -0.2) is 4.39 Å². The zero-order valence-corrected chi connectivity index (χ0v) is 13.8. The van der Waals surface area contributed by atoms with Gasteiger partial charge in [0.25, 0.3) is 0 Å². The second kappa shape index (κ2) is 6.29. The van der Waals surface area contributed by atoms with E-state index in [0.29, 0.717) is 22.2 Å². The summed E-state index contributed by atoms with van der Waals surface area (Å²) in [5.74, 6) is -0.275. The average Bonchev–Trinajstić information content (AvgIpc) is 3.00. The molecule has 6 nitrogen and oxygen atoms in total. The average molecular weight is 379 g/mol. The van der Waals surface area contributed by atoms with E-state index in [4.69, 9.17) is 0 Å². The number of likely N-dealkylation sites (tertiary alicyclic amines) is 1. The summed E-state index contributed by atoms with van der Waals surface area (Å²) in [5.41, 5.74) is 0.751. The van der Waals surface area contributed by atoms with E-state index in [0.717, 1.165) is 12.3 Å². The molecule has 0 saturated carbocycles. The second-order valence-electron chi connectivity index (χ2n) is 6.25. The van der Waals surface area contributed by atoms with Gasteiger partial charge < -0.3 is 4.90 Å². The van der Waals surface area contributed by atoms with Gasteiger partial charge in [0, 0.05) is 18.0 Å². The summed E-state index contributed by atoms with van der Waals surface area (Å²) in [7, 11) is 0. The van der Waals surface area contributed by atoms with Crippen LogP contribution >= 0.6 is 0 Å². The van der Waals surface area contributed by atoms with E-state index in [-0.39, 0.29) is 25.5 Å². The van der Waals surface area contributed by atoms with Gasteiger partial charge in [-0.15, -0.1) is 0 Å². The molecule has 0 radical (unpaired) electrons. The number of aromatic nitrogens is 4. The third kappa shape index (κ3) is 3.34. The number of hydrogen-bond donors (Lipinski definition) is 0. The third-order valence-corrected chi connectivity index (χ3v) is 4.35. The largest absolute Gasteiger partial charge is 0.433 e. The zero-order chi connectivity index (χ0) is 19.2. The lowest BCUT2D eigenvalue weighted by Gasteiger charge is -2.34. The van der Waals surface area contributed by atoms with Crippen LogP contribution in [0, 0.1) is 0 Å². The van der Waals surface area contributed by atoms with Crippen molar-refractivity contribution in [1.29, 1.82) is 0 Å². The number of rotatable bonds is 3. The molecule has 0 aromatic carbocycles. The number of alkyl halides is 4. The molecule has 3 aromatic rings. The first-order valence-corrected chi connectivity index (χ1v) is 8.08. The summed E-state index contributed by atoms with van der Waals surface area (Å²) >= 11 is 0. The zero-order valence-electron chi connectivity index (χ0n) is 13.8. The van der Waals surface area contributed by atoms with Crippen LogP contribution in [0.2, 0.25) is 0 Å². The van der Waals surface area contributed by atoms with Gasteiger partial charge in [0.05, 0.1) is 24.8 Å². The van der Waals surface area contributed by atoms with E-state index in [1.54, 1.807) is 6.07 Å². The summed E-state index contributed by atoms with van der Waals surface area (Å²) in [6.45, 7) is 0.0447. The molecule has 4 rings (SSSR count). The number of carbonyl (C=O) groups excluding carboxylic acids is 1. The molecule has 0 N–H and O–H groups in total. The first-order valence-electron chi connectivity index (χ1n) is 8.08. The van der Waals surface area contributed by atoms with Gasteiger partial charge >= 0.3 is 6.18 Å². The molecule has 140 valence electrons. The Kier molecular flexibility index (Phi) is 4.05. The number of carbonyl (C=O) groups is 1. The Hall–Kier alpha value is -3.04. The molecule has 3 aromatic heterocycles. The van der Waals surface area contributed by atoms with Gasteiger partial charge in [-0.05, 0) is 23.8 Å². The van der Waals surface area contributed by atoms with Crippen LogP contribution < -0.4 is 0 Å². The monoisotopic (exact) mass is 379 g/mol. The van der Waals surface area contributed by atoms with Crippen LogP contribution in [0.1, 0.15) is 5.69 Å². The second-order valence-corrected chi connectivity index (χ2v) is 6.25. The minimum Gasteiger partial charge on any atom is -0.335 e. The maximum absolute atomic E-state index is 12.9. The lowest BCUT2D eigenvalue weighted by molar-refractivity contribution is -0.141. The Morgan fingerprint density at radius 2 is 1.93 bits per heavy atom. The minimum absolute atomic E-state index is 0.0682. The van der Waals surface area contributed by atoms with Crippen LogP contribution in [0.15, 0.2) is 36.8 Å². The molecule has 1 fully saturated rings. The Bertz CT molecular complexity index is 1010. The molecule has 4 heterocycles. The molecule has 1 aliphatic heterocycles. The summed E-state index contributed by atoms with van der Waals surface area (Å²) < 4.78 is 52.9. The number of hydrogen-bond acceptors (Lipinski definition) is 4. The molecule has 0 aliphatic carbocycles. The molecular formula is C17H13F4N5O. The van der Waals surface area contributed by atoms with Crippen molar-refractivity contribution in [3.63, 3.8) is 0 Å².